The predicted octanol–water partition coefficient (Wildman–Crippen LogP) is 14.6. The van der Waals surface area contributed by atoms with Gasteiger partial charge in [-0.1, -0.05) is 158 Å². The van der Waals surface area contributed by atoms with Gasteiger partial charge in [-0.05, 0) is 76.2 Å². The Morgan fingerprint density at radius 3 is 1.74 bits per heavy atom. The van der Waals surface area contributed by atoms with Crippen LogP contribution in [0.3, 0.4) is 0 Å². The van der Waals surface area contributed by atoms with Crippen LogP contribution in [0, 0.1) is 0 Å². The van der Waals surface area contributed by atoms with E-state index in [-0.39, 0.29) is 0 Å². The Morgan fingerprint density at radius 1 is 0.338 bits per heavy atom. The molecular formula is C59H34N4O2. The predicted molar refractivity (Wildman–Crippen MR) is 259 cm³/mol. The van der Waals surface area contributed by atoms with Gasteiger partial charge < -0.3 is 9.15 Å². The van der Waals surface area contributed by atoms with Gasteiger partial charge in [0, 0.05) is 54.9 Å². The summed E-state index contributed by atoms with van der Waals surface area (Å²) in [5.74, 6) is 3.38. The normalized spacial score (nSPS) is 13.2. The number of aromatic nitrogens is 4. The fourth-order valence-electron chi connectivity index (χ4n) is 10.6. The van der Waals surface area contributed by atoms with Crippen molar-refractivity contribution in [3.8, 4) is 68.0 Å². The van der Waals surface area contributed by atoms with E-state index in [1.165, 1.54) is 22.3 Å². The first-order chi connectivity index (χ1) is 32.2. The zero-order chi connectivity index (χ0) is 42.6. The minimum atomic E-state index is -0.627. The average molecular weight is 831 g/mol. The van der Waals surface area contributed by atoms with Crippen molar-refractivity contribution in [2.45, 2.75) is 5.41 Å². The Bertz CT molecular complexity index is 3890. The van der Waals surface area contributed by atoms with Gasteiger partial charge in [0.2, 0.25) is 0 Å². The van der Waals surface area contributed by atoms with Gasteiger partial charge >= 0.3 is 0 Å². The summed E-state index contributed by atoms with van der Waals surface area (Å²) in [5.41, 5.74) is 13.6. The number of ether oxygens (including phenoxy) is 1. The van der Waals surface area contributed by atoms with Crippen molar-refractivity contribution in [3.05, 3.63) is 229 Å². The third kappa shape index (κ3) is 5.16. The summed E-state index contributed by atoms with van der Waals surface area (Å²) >= 11 is 0. The molecule has 9 aromatic carbocycles. The first-order valence-electron chi connectivity index (χ1n) is 21.9. The lowest BCUT2D eigenvalue weighted by atomic mass is 9.65. The van der Waals surface area contributed by atoms with Crippen molar-refractivity contribution in [2.24, 2.45) is 0 Å². The van der Waals surface area contributed by atoms with E-state index in [9.17, 15) is 0 Å². The lowest BCUT2D eigenvalue weighted by Crippen LogP contribution is -2.32. The zero-order valence-corrected chi connectivity index (χ0v) is 34.7. The summed E-state index contributed by atoms with van der Waals surface area (Å²) in [5, 5.41) is 5.03. The number of hydrogen-bond donors (Lipinski definition) is 0. The van der Waals surface area contributed by atoms with E-state index in [0.717, 1.165) is 94.2 Å². The molecule has 6 heteroatoms. The van der Waals surface area contributed by atoms with Gasteiger partial charge in [0.05, 0.1) is 16.6 Å². The van der Waals surface area contributed by atoms with Crippen LogP contribution in [-0.4, -0.2) is 19.9 Å². The molecular weight excluding hydrogens is 797 g/mol. The van der Waals surface area contributed by atoms with Crippen molar-refractivity contribution >= 4 is 43.6 Å². The van der Waals surface area contributed by atoms with Crippen LogP contribution in [0.25, 0.3) is 100 Å². The molecule has 0 N–H and O–H groups in total. The highest BCUT2D eigenvalue weighted by Crippen LogP contribution is 2.62. The van der Waals surface area contributed by atoms with Crippen LogP contribution in [-0.2, 0) is 5.41 Å². The standard InChI is InChI=1S/C59H34N4O2/c1-3-16-35(17-4-1)55-44-34-53-48(59(47-26-12-14-28-51(47)65-53)45-24-10-7-20-38(45)39-21-8-11-25-46(39)59)33-42(44)43-32-37(30-31-49(43)60-55)57-61-56(36-18-5-2-6-19-36)62-58(63-57)41-23-15-29-52-54(41)40-22-9-13-27-50(40)64-52/h1-34H. The summed E-state index contributed by atoms with van der Waals surface area (Å²) in [7, 11) is 0. The van der Waals surface area contributed by atoms with Crippen molar-refractivity contribution in [3.63, 3.8) is 0 Å². The summed E-state index contributed by atoms with van der Waals surface area (Å²) < 4.78 is 13.3. The molecule has 6 nitrogen and oxygen atoms in total. The largest absolute Gasteiger partial charge is 0.457 e. The fourth-order valence-corrected chi connectivity index (χ4v) is 10.6. The number of nitrogens with zero attached hydrogens (tertiary/aromatic N) is 4. The number of benzene rings is 9. The molecule has 2 aliphatic rings. The minimum Gasteiger partial charge on any atom is -0.457 e. The van der Waals surface area contributed by atoms with E-state index < -0.39 is 5.41 Å². The monoisotopic (exact) mass is 830 g/mol. The maximum atomic E-state index is 7.00. The molecule has 12 aromatic rings. The maximum absolute atomic E-state index is 7.00. The van der Waals surface area contributed by atoms with Gasteiger partial charge in [-0.25, -0.2) is 19.9 Å². The highest BCUT2D eigenvalue weighted by atomic mass is 16.5. The number of para-hydroxylation sites is 2. The Labute approximate surface area is 373 Å². The molecule has 0 bridgehead atoms. The molecule has 0 atom stereocenters. The van der Waals surface area contributed by atoms with Gasteiger partial charge in [-0.15, -0.1) is 0 Å². The lowest BCUT2D eigenvalue weighted by molar-refractivity contribution is 0.437. The van der Waals surface area contributed by atoms with Crippen LogP contribution >= 0.6 is 0 Å². The second-order valence-electron chi connectivity index (χ2n) is 16.8. The van der Waals surface area contributed by atoms with Crippen molar-refractivity contribution < 1.29 is 9.15 Å². The van der Waals surface area contributed by atoms with Crippen LogP contribution in [0.1, 0.15) is 22.3 Å². The average Bonchev–Trinajstić information content (AvgIpc) is 3.90. The Hall–Kier alpha value is -8.74. The van der Waals surface area contributed by atoms with Gasteiger partial charge in [-0.2, -0.15) is 0 Å². The molecule has 4 heterocycles. The summed E-state index contributed by atoms with van der Waals surface area (Å²) in [6, 6.07) is 71.9. The number of furan rings is 1. The number of fused-ring (bicyclic) bond motifs is 15. The highest BCUT2D eigenvalue weighted by Gasteiger charge is 2.51. The first kappa shape index (κ1) is 35.8. The SMILES string of the molecule is c1ccc(-c2nc(-c3ccc4nc(-c5ccccc5)c5cc6c(cc5c4c3)C3(c4ccccc4O6)c4ccccc4-c4ccccc43)nc(-c3cccc4oc5ccccc5c34)n2)cc1. The van der Waals surface area contributed by atoms with Crippen molar-refractivity contribution in [2.75, 3.05) is 0 Å². The van der Waals surface area contributed by atoms with Crippen LogP contribution in [0.2, 0.25) is 0 Å². The van der Waals surface area contributed by atoms with E-state index in [1.54, 1.807) is 0 Å². The molecule has 0 fully saturated rings. The van der Waals surface area contributed by atoms with Gasteiger partial charge in [0.15, 0.2) is 17.5 Å². The van der Waals surface area contributed by atoms with Crippen LogP contribution in [0.15, 0.2) is 211 Å². The third-order valence-electron chi connectivity index (χ3n) is 13.4. The van der Waals surface area contributed by atoms with Gasteiger partial charge in [0.25, 0.3) is 0 Å². The van der Waals surface area contributed by atoms with Gasteiger partial charge in [-0.3, -0.25) is 0 Å². The van der Waals surface area contributed by atoms with Crippen LogP contribution < -0.4 is 4.74 Å². The molecule has 0 saturated carbocycles. The first-order valence-corrected chi connectivity index (χ1v) is 21.9. The molecule has 1 aliphatic carbocycles. The Morgan fingerprint density at radius 2 is 0.954 bits per heavy atom. The molecule has 65 heavy (non-hydrogen) atoms. The third-order valence-corrected chi connectivity index (χ3v) is 13.4. The van der Waals surface area contributed by atoms with E-state index >= 15 is 0 Å². The maximum Gasteiger partial charge on any atom is 0.164 e. The summed E-state index contributed by atoms with van der Waals surface area (Å²) in [4.78, 5) is 21.1. The quantitative estimate of drug-likeness (QED) is 0.165. The van der Waals surface area contributed by atoms with Gasteiger partial charge in [0.1, 0.15) is 22.7 Å². The Balaban J connectivity index is 1.06. The molecule has 0 amide bonds. The fraction of sp³-hybridized carbons (Fsp3) is 0.0169. The summed E-state index contributed by atoms with van der Waals surface area (Å²) in [6.45, 7) is 0. The Kier molecular flexibility index (Phi) is 7.51. The molecule has 0 unspecified atom stereocenters. The van der Waals surface area contributed by atoms with Crippen LogP contribution in [0.5, 0.6) is 11.5 Å². The molecule has 1 spiro atoms. The van der Waals surface area contributed by atoms with Crippen molar-refractivity contribution in [1.82, 2.24) is 19.9 Å². The second-order valence-corrected chi connectivity index (χ2v) is 16.8. The van der Waals surface area contributed by atoms with E-state index in [1.807, 2.05) is 66.7 Å². The van der Waals surface area contributed by atoms with E-state index in [4.69, 9.17) is 29.1 Å². The molecule has 14 rings (SSSR count). The lowest BCUT2D eigenvalue weighted by Gasteiger charge is -2.39. The number of pyridine rings is 1. The zero-order valence-electron chi connectivity index (χ0n) is 34.7. The summed E-state index contributed by atoms with van der Waals surface area (Å²) in [6.07, 6.45) is 0. The number of hydrogen-bond acceptors (Lipinski definition) is 6. The van der Waals surface area contributed by atoms with Crippen molar-refractivity contribution in [1.29, 1.82) is 0 Å². The topological polar surface area (TPSA) is 73.9 Å². The van der Waals surface area contributed by atoms with E-state index in [0.29, 0.717) is 17.5 Å². The highest BCUT2D eigenvalue weighted by molar-refractivity contribution is 6.14. The van der Waals surface area contributed by atoms with E-state index in [2.05, 4.69) is 140 Å². The van der Waals surface area contributed by atoms with Crippen LogP contribution in [0.4, 0.5) is 0 Å². The molecule has 0 saturated heterocycles. The number of rotatable bonds is 4. The molecule has 0 radical (unpaired) electrons. The smallest absolute Gasteiger partial charge is 0.164 e. The minimum absolute atomic E-state index is 0.561. The second kappa shape index (κ2) is 13.6. The molecule has 3 aromatic heterocycles. The molecule has 1 aliphatic heterocycles. The molecule has 302 valence electrons.